The second kappa shape index (κ2) is 5.84. The van der Waals surface area contributed by atoms with Crippen molar-refractivity contribution in [2.24, 2.45) is 11.8 Å². The van der Waals surface area contributed by atoms with Gasteiger partial charge in [-0.05, 0) is 24.7 Å². The lowest BCUT2D eigenvalue weighted by Gasteiger charge is -2.28. The van der Waals surface area contributed by atoms with E-state index >= 15 is 0 Å². The van der Waals surface area contributed by atoms with Gasteiger partial charge in [0.15, 0.2) is 5.82 Å². The molecular formula is C13H22N4. The average molecular weight is 234 g/mol. The van der Waals surface area contributed by atoms with Crippen LogP contribution in [0.15, 0.2) is 12.5 Å². The molecule has 94 valence electrons. The zero-order chi connectivity index (χ0) is 12.1. The molecule has 1 fully saturated rings. The molecule has 17 heavy (non-hydrogen) atoms. The predicted octanol–water partition coefficient (Wildman–Crippen LogP) is 2.69. The molecule has 1 aliphatic rings. The molecule has 0 amide bonds. The summed E-state index contributed by atoms with van der Waals surface area (Å²) in [5.74, 6) is 2.50. The van der Waals surface area contributed by atoms with Crippen LogP contribution in [-0.2, 0) is 0 Å². The van der Waals surface area contributed by atoms with Crippen LogP contribution < -0.4 is 11.1 Å². The van der Waals surface area contributed by atoms with E-state index in [0.29, 0.717) is 5.69 Å². The van der Waals surface area contributed by atoms with Gasteiger partial charge in [0, 0.05) is 6.54 Å². The Morgan fingerprint density at radius 2 is 2.00 bits per heavy atom. The van der Waals surface area contributed by atoms with Gasteiger partial charge >= 0.3 is 0 Å². The number of aromatic nitrogens is 2. The first-order chi connectivity index (χ1) is 8.29. The highest BCUT2D eigenvalue weighted by Crippen LogP contribution is 2.30. The fraction of sp³-hybridized carbons (Fsp3) is 0.692. The number of hydrogen-bond acceptors (Lipinski definition) is 4. The second-order valence-electron chi connectivity index (χ2n) is 5.00. The second-order valence-corrected chi connectivity index (χ2v) is 5.00. The van der Waals surface area contributed by atoms with Crippen molar-refractivity contribution in [3.05, 3.63) is 12.5 Å². The summed E-state index contributed by atoms with van der Waals surface area (Å²) in [5.41, 5.74) is 6.43. The summed E-state index contributed by atoms with van der Waals surface area (Å²) in [6, 6.07) is 0. The third-order valence-corrected chi connectivity index (χ3v) is 3.84. The van der Waals surface area contributed by atoms with E-state index in [0.717, 1.165) is 24.2 Å². The maximum absolute atomic E-state index is 5.79. The van der Waals surface area contributed by atoms with E-state index < -0.39 is 0 Å². The molecule has 0 radical (unpaired) electrons. The zero-order valence-electron chi connectivity index (χ0n) is 10.5. The Morgan fingerprint density at radius 3 is 2.65 bits per heavy atom. The summed E-state index contributed by atoms with van der Waals surface area (Å²) >= 11 is 0. The van der Waals surface area contributed by atoms with E-state index in [1.54, 1.807) is 6.20 Å². The highest BCUT2D eigenvalue weighted by molar-refractivity contribution is 5.58. The highest BCUT2D eigenvalue weighted by Gasteiger charge is 2.19. The molecule has 4 heteroatoms. The Bertz CT molecular complexity index is 345. The maximum atomic E-state index is 5.79. The number of nitrogen functional groups attached to an aromatic ring is 1. The van der Waals surface area contributed by atoms with Gasteiger partial charge in [-0.25, -0.2) is 9.97 Å². The van der Waals surface area contributed by atoms with Gasteiger partial charge in [-0.1, -0.05) is 26.2 Å². The number of hydrogen-bond donors (Lipinski definition) is 2. The minimum atomic E-state index is 0.634. The largest absolute Gasteiger partial charge is 0.394 e. The number of nitrogens with one attached hydrogen (secondary N) is 1. The molecule has 0 unspecified atom stereocenters. The van der Waals surface area contributed by atoms with Crippen molar-refractivity contribution >= 4 is 11.5 Å². The summed E-state index contributed by atoms with van der Waals surface area (Å²) in [6.07, 6.45) is 9.92. The molecule has 4 nitrogen and oxygen atoms in total. The number of nitrogens with two attached hydrogens (primary N) is 1. The van der Waals surface area contributed by atoms with E-state index in [1.807, 2.05) is 0 Å². The van der Waals surface area contributed by atoms with Gasteiger partial charge in [-0.15, -0.1) is 0 Å². The van der Waals surface area contributed by atoms with Crippen molar-refractivity contribution in [2.45, 2.75) is 39.0 Å². The Kier molecular flexibility index (Phi) is 4.18. The minimum Gasteiger partial charge on any atom is -0.394 e. The van der Waals surface area contributed by atoms with Gasteiger partial charge < -0.3 is 11.1 Å². The molecule has 0 aromatic carbocycles. The van der Waals surface area contributed by atoms with Crippen LogP contribution in [0.3, 0.4) is 0 Å². The monoisotopic (exact) mass is 234 g/mol. The summed E-state index contributed by atoms with van der Waals surface area (Å²) in [4.78, 5) is 8.03. The topological polar surface area (TPSA) is 63.8 Å². The van der Waals surface area contributed by atoms with Crippen molar-refractivity contribution in [2.75, 3.05) is 17.6 Å². The van der Waals surface area contributed by atoms with Gasteiger partial charge in [-0.3, -0.25) is 0 Å². The number of nitrogens with zero attached hydrogens (tertiary/aromatic N) is 2. The van der Waals surface area contributed by atoms with E-state index in [-0.39, 0.29) is 0 Å². The average Bonchev–Trinajstić information content (AvgIpc) is 2.38. The third kappa shape index (κ3) is 3.32. The fourth-order valence-electron chi connectivity index (χ4n) is 2.57. The van der Waals surface area contributed by atoms with Crippen LogP contribution in [0.5, 0.6) is 0 Å². The molecule has 2 rings (SSSR count). The normalized spacial score (nSPS) is 24.5. The molecule has 0 atom stereocenters. The number of anilines is 2. The molecule has 3 N–H and O–H groups in total. The first-order valence-electron chi connectivity index (χ1n) is 6.59. The highest BCUT2D eigenvalue weighted by atomic mass is 15.0. The molecule has 0 spiro atoms. The standard InChI is InChI=1S/C13H22N4/c1-2-10-3-5-11(6-4-10)7-16-13-12(14)8-15-9-17-13/h8-11H,2-7,14H2,1H3,(H,15,16,17). The Balaban J connectivity index is 1.78. The minimum absolute atomic E-state index is 0.634. The lowest BCUT2D eigenvalue weighted by atomic mass is 9.81. The lowest BCUT2D eigenvalue weighted by Crippen LogP contribution is -2.21. The van der Waals surface area contributed by atoms with Gasteiger partial charge in [-0.2, -0.15) is 0 Å². The molecule has 1 saturated carbocycles. The third-order valence-electron chi connectivity index (χ3n) is 3.84. The van der Waals surface area contributed by atoms with Gasteiger partial charge in [0.25, 0.3) is 0 Å². The van der Waals surface area contributed by atoms with Gasteiger partial charge in [0.1, 0.15) is 6.33 Å². The van der Waals surface area contributed by atoms with Crippen molar-refractivity contribution in [3.63, 3.8) is 0 Å². The smallest absolute Gasteiger partial charge is 0.152 e. The van der Waals surface area contributed by atoms with E-state index in [4.69, 9.17) is 5.73 Å². The van der Waals surface area contributed by atoms with Crippen LogP contribution in [0.1, 0.15) is 39.0 Å². The van der Waals surface area contributed by atoms with E-state index in [1.165, 1.54) is 38.4 Å². The van der Waals surface area contributed by atoms with Crippen LogP contribution >= 0.6 is 0 Å². The Labute approximate surface area is 103 Å². The van der Waals surface area contributed by atoms with Crippen LogP contribution in [0.25, 0.3) is 0 Å². The first-order valence-corrected chi connectivity index (χ1v) is 6.59. The molecular weight excluding hydrogens is 212 g/mol. The Hall–Kier alpha value is -1.32. The molecule has 0 bridgehead atoms. The summed E-state index contributed by atoms with van der Waals surface area (Å²) in [5, 5.41) is 3.34. The summed E-state index contributed by atoms with van der Waals surface area (Å²) < 4.78 is 0. The van der Waals surface area contributed by atoms with Crippen molar-refractivity contribution in [1.29, 1.82) is 0 Å². The summed E-state index contributed by atoms with van der Waals surface area (Å²) in [6.45, 7) is 3.28. The SMILES string of the molecule is CCC1CCC(CNc2ncncc2N)CC1. The van der Waals surface area contributed by atoms with Crippen LogP contribution in [0, 0.1) is 11.8 Å². The van der Waals surface area contributed by atoms with Crippen LogP contribution in [0.2, 0.25) is 0 Å². The zero-order valence-corrected chi connectivity index (χ0v) is 10.5. The first kappa shape index (κ1) is 12.1. The maximum Gasteiger partial charge on any atom is 0.152 e. The molecule has 1 aromatic heterocycles. The Morgan fingerprint density at radius 1 is 1.29 bits per heavy atom. The van der Waals surface area contributed by atoms with Gasteiger partial charge in [0.05, 0.1) is 11.9 Å². The van der Waals surface area contributed by atoms with Crippen molar-refractivity contribution in [3.8, 4) is 0 Å². The van der Waals surface area contributed by atoms with E-state index in [2.05, 4.69) is 22.2 Å². The summed E-state index contributed by atoms with van der Waals surface area (Å²) in [7, 11) is 0. The van der Waals surface area contributed by atoms with Crippen LogP contribution in [0.4, 0.5) is 11.5 Å². The molecule has 1 heterocycles. The number of rotatable bonds is 4. The quantitative estimate of drug-likeness (QED) is 0.840. The van der Waals surface area contributed by atoms with Crippen molar-refractivity contribution < 1.29 is 0 Å². The molecule has 0 aliphatic heterocycles. The lowest BCUT2D eigenvalue weighted by molar-refractivity contribution is 0.278. The predicted molar refractivity (Wildman–Crippen MR) is 70.7 cm³/mol. The van der Waals surface area contributed by atoms with Gasteiger partial charge in [0.2, 0.25) is 0 Å². The van der Waals surface area contributed by atoms with Crippen LogP contribution in [-0.4, -0.2) is 16.5 Å². The van der Waals surface area contributed by atoms with E-state index in [9.17, 15) is 0 Å². The molecule has 1 aliphatic carbocycles. The van der Waals surface area contributed by atoms with Crippen molar-refractivity contribution in [1.82, 2.24) is 9.97 Å². The fourth-order valence-corrected chi connectivity index (χ4v) is 2.57. The molecule has 1 aromatic rings. The molecule has 0 saturated heterocycles.